The first-order chi connectivity index (χ1) is 21.4. The smallest absolute Gasteiger partial charge is 0.274 e. The summed E-state index contributed by atoms with van der Waals surface area (Å²) >= 11 is 0. The van der Waals surface area contributed by atoms with Gasteiger partial charge in [-0.2, -0.15) is 0 Å². The van der Waals surface area contributed by atoms with Crippen LogP contribution in [0.25, 0.3) is 5.69 Å². The van der Waals surface area contributed by atoms with Crippen molar-refractivity contribution in [3.63, 3.8) is 0 Å². The third kappa shape index (κ3) is 8.49. The molecule has 1 aromatic heterocycles. The molecule has 3 aromatic rings. The zero-order valence-electron chi connectivity index (χ0n) is 27.3. The lowest BCUT2D eigenvalue weighted by Crippen LogP contribution is -2.57. The first kappa shape index (κ1) is 33.7. The summed E-state index contributed by atoms with van der Waals surface area (Å²) in [5.41, 5.74) is 1.52. The van der Waals surface area contributed by atoms with E-state index in [1.54, 1.807) is 41.2 Å². The summed E-state index contributed by atoms with van der Waals surface area (Å²) in [6.45, 7) is 10.9. The lowest BCUT2D eigenvalue weighted by molar-refractivity contribution is -0.141. The molecule has 0 saturated carbocycles. The first-order valence-electron chi connectivity index (χ1n) is 15.7. The number of imidazole rings is 1. The monoisotopic (exact) mass is 619 g/mol. The van der Waals surface area contributed by atoms with E-state index in [0.717, 1.165) is 29.8 Å². The number of nitrogens with zero attached hydrogens (tertiary/aromatic N) is 4. The number of rotatable bonds is 12. The Morgan fingerprint density at radius 1 is 1.11 bits per heavy atom. The van der Waals surface area contributed by atoms with Gasteiger partial charge in [0.2, 0.25) is 11.8 Å². The minimum Gasteiger partial charge on any atom is -0.497 e. The van der Waals surface area contributed by atoms with E-state index >= 15 is 0 Å². The third-order valence-electron chi connectivity index (χ3n) is 8.59. The molecular formula is C35H46FN5O4. The van der Waals surface area contributed by atoms with Crippen LogP contribution in [0, 0.1) is 17.2 Å². The van der Waals surface area contributed by atoms with Crippen LogP contribution in [0.1, 0.15) is 69.9 Å². The van der Waals surface area contributed by atoms with Crippen LogP contribution >= 0.6 is 0 Å². The van der Waals surface area contributed by atoms with Crippen LogP contribution in [-0.4, -0.2) is 75.9 Å². The van der Waals surface area contributed by atoms with Gasteiger partial charge in [-0.05, 0) is 73.1 Å². The highest BCUT2D eigenvalue weighted by Crippen LogP contribution is 2.27. The van der Waals surface area contributed by atoms with Gasteiger partial charge < -0.3 is 24.4 Å². The number of nitrogens with one attached hydrogen (secondary N) is 1. The van der Waals surface area contributed by atoms with E-state index < -0.39 is 11.5 Å². The van der Waals surface area contributed by atoms with Crippen LogP contribution in [0.3, 0.4) is 0 Å². The molecule has 1 N–H and O–H groups in total. The molecule has 0 radical (unpaired) electrons. The summed E-state index contributed by atoms with van der Waals surface area (Å²) in [4.78, 5) is 48.9. The van der Waals surface area contributed by atoms with E-state index in [0.29, 0.717) is 32.5 Å². The van der Waals surface area contributed by atoms with Crippen molar-refractivity contribution in [2.24, 2.45) is 11.3 Å². The van der Waals surface area contributed by atoms with Crippen molar-refractivity contribution in [1.29, 1.82) is 0 Å². The van der Waals surface area contributed by atoms with Gasteiger partial charge in [-0.3, -0.25) is 14.4 Å². The van der Waals surface area contributed by atoms with Crippen LogP contribution in [0.4, 0.5) is 4.39 Å². The first-order valence-corrected chi connectivity index (χ1v) is 15.7. The number of hydrogen-bond donors (Lipinski definition) is 1. The molecule has 1 fully saturated rings. The molecule has 1 aliphatic rings. The maximum absolute atomic E-state index is 14.0. The molecule has 3 atom stereocenters. The summed E-state index contributed by atoms with van der Waals surface area (Å²) in [5, 5.41) is 3.02. The van der Waals surface area contributed by atoms with Gasteiger partial charge in [0.15, 0.2) is 0 Å². The molecule has 45 heavy (non-hydrogen) atoms. The highest BCUT2D eigenvalue weighted by molar-refractivity contribution is 5.92. The minimum atomic E-state index is -0.692. The number of likely N-dealkylation sites (tertiary alicyclic amines) is 1. The molecule has 4 rings (SSSR count). The normalized spacial score (nSPS) is 16.2. The molecule has 1 aliphatic heterocycles. The van der Waals surface area contributed by atoms with E-state index in [2.05, 4.69) is 10.3 Å². The van der Waals surface area contributed by atoms with Gasteiger partial charge in [0.25, 0.3) is 5.91 Å². The maximum Gasteiger partial charge on any atom is 0.274 e. The highest BCUT2D eigenvalue weighted by atomic mass is 19.1. The molecule has 10 heteroatoms. The Kier molecular flexibility index (Phi) is 11.0. The van der Waals surface area contributed by atoms with Gasteiger partial charge in [-0.15, -0.1) is 0 Å². The Morgan fingerprint density at radius 2 is 1.80 bits per heavy atom. The zero-order chi connectivity index (χ0) is 32.7. The van der Waals surface area contributed by atoms with Gasteiger partial charge in [-0.25, -0.2) is 9.37 Å². The fourth-order valence-corrected chi connectivity index (χ4v) is 5.54. The van der Waals surface area contributed by atoms with Gasteiger partial charge in [0.05, 0.1) is 7.11 Å². The lowest BCUT2D eigenvalue weighted by atomic mass is 9.85. The maximum atomic E-state index is 14.0. The van der Waals surface area contributed by atoms with Crippen molar-refractivity contribution in [3.8, 4) is 11.4 Å². The minimum absolute atomic E-state index is 0.128. The SMILES string of the molecule is CC[C@@H](C)C(=O)N[C@H](C(=O)N1CCC[C@H]1CN(CCc1ccc(F)cc1)C(=O)c1cn(-c2ccc(OC)cc2)cn1)C(C)(C)C. The largest absolute Gasteiger partial charge is 0.497 e. The van der Waals surface area contributed by atoms with E-state index in [1.807, 2.05) is 63.8 Å². The number of aromatic nitrogens is 2. The number of carbonyl (C=O) groups is 3. The Labute approximate surface area is 265 Å². The highest BCUT2D eigenvalue weighted by Gasteiger charge is 2.41. The van der Waals surface area contributed by atoms with Gasteiger partial charge in [-0.1, -0.05) is 46.8 Å². The molecule has 0 spiro atoms. The molecule has 0 bridgehead atoms. The number of carbonyl (C=O) groups excluding carboxylic acids is 3. The molecule has 3 amide bonds. The molecule has 0 unspecified atom stereocenters. The Bertz CT molecular complexity index is 1450. The molecule has 2 aromatic carbocycles. The number of halogens is 1. The standard InChI is InChI=1S/C35H46FN5O4/c1-7-24(2)32(42)38-31(35(3,4)5)34(44)41-19-8-9-28(41)21-39(20-18-25-10-12-26(36)13-11-25)33(43)30-22-40(23-37-30)27-14-16-29(45-6)17-15-27/h10-17,22-24,28,31H,7-9,18-21H2,1-6H3,(H,38,42)/t24-,28+,31-/m1/s1. The fraction of sp³-hybridized carbons (Fsp3) is 0.486. The summed E-state index contributed by atoms with van der Waals surface area (Å²) in [6, 6.07) is 12.8. The predicted octanol–water partition coefficient (Wildman–Crippen LogP) is 5.27. The molecule has 9 nitrogen and oxygen atoms in total. The summed E-state index contributed by atoms with van der Waals surface area (Å²) < 4.78 is 20.6. The van der Waals surface area contributed by atoms with Gasteiger partial charge in [0, 0.05) is 43.5 Å². The third-order valence-corrected chi connectivity index (χ3v) is 8.59. The van der Waals surface area contributed by atoms with E-state index in [1.165, 1.54) is 12.1 Å². The average molecular weight is 620 g/mol. The van der Waals surface area contributed by atoms with Crippen molar-refractivity contribution in [3.05, 3.63) is 78.1 Å². The number of benzene rings is 2. The second-order valence-electron chi connectivity index (χ2n) is 12.9. The van der Waals surface area contributed by atoms with Crippen molar-refractivity contribution in [1.82, 2.24) is 24.7 Å². The van der Waals surface area contributed by atoms with Gasteiger partial charge >= 0.3 is 0 Å². The zero-order valence-corrected chi connectivity index (χ0v) is 27.3. The fourth-order valence-electron chi connectivity index (χ4n) is 5.54. The molecular weight excluding hydrogens is 573 g/mol. The van der Waals surface area contributed by atoms with E-state index in [-0.39, 0.29) is 41.2 Å². The predicted molar refractivity (Wildman–Crippen MR) is 172 cm³/mol. The van der Waals surface area contributed by atoms with Crippen molar-refractivity contribution in [2.75, 3.05) is 26.7 Å². The number of hydrogen-bond acceptors (Lipinski definition) is 5. The number of methoxy groups -OCH3 is 1. The Hall–Kier alpha value is -4.21. The molecule has 1 saturated heterocycles. The number of amides is 3. The lowest BCUT2D eigenvalue weighted by Gasteiger charge is -2.37. The summed E-state index contributed by atoms with van der Waals surface area (Å²) in [7, 11) is 1.61. The van der Waals surface area contributed by atoms with Gasteiger partial charge in [0.1, 0.15) is 29.6 Å². The van der Waals surface area contributed by atoms with E-state index in [9.17, 15) is 18.8 Å². The summed E-state index contributed by atoms with van der Waals surface area (Å²) in [5.74, 6) is -0.299. The molecule has 242 valence electrons. The second-order valence-corrected chi connectivity index (χ2v) is 12.9. The van der Waals surface area contributed by atoms with Crippen LogP contribution < -0.4 is 10.1 Å². The van der Waals surface area contributed by atoms with Crippen molar-refractivity contribution < 1.29 is 23.5 Å². The van der Waals surface area contributed by atoms with E-state index in [4.69, 9.17) is 4.74 Å². The van der Waals surface area contributed by atoms with Crippen molar-refractivity contribution >= 4 is 17.7 Å². The Balaban J connectivity index is 1.56. The quantitative estimate of drug-likeness (QED) is 0.298. The van der Waals surface area contributed by atoms with Crippen molar-refractivity contribution in [2.45, 2.75) is 72.4 Å². The topological polar surface area (TPSA) is 96.8 Å². The van der Waals surface area contributed by atoms with Crippen LogP contribution in [-0.2, 0) is 16.0 Å². The average Bonchev–Trinajstić information content (AvgIpc) is 3.71. The second kappa shape index (κ2) is 14.7. The molecule has 2 heterocycles. The van der Waals surface area contributed by atoms with Crippen LogP contribution in [0.2, 0.25) is 0 Å². The Morgan fingerprint density at radius 3 is 2.42 bits per heavy atom. The van der Waals surface area contributed by atoms with Crippen LogP contribution in [0.5, 0.6) is 5.75 Å². The van der Waals surface area contributed by atoms with Crippen LogP contribution in [0.15, 0.2) is 61.1 Å². The molecule has 0 aliphatic carbocycles. The summed E-state index contributed by atoms with van der Waals surface area (Å²) in [6.07, 6.45) is 6.05. The number of ether oxygens (including phenoxy) is 1.